The highest BCUT2D eigenvalue weighted by atomic mass is 35.5. The summed E-state index contributed by atoms with van der Waals surface area (Å²) in [5, 5.41) is 2.26. The Kier molecular flexibility index (Phi) is 4.05. The van der Waals surface area contributed by atoms with Crippen molar-refractivity contribution in [2.45, 2.75) is 43.0 Å². The van der Waals surface area contributed by atoms with Crippen molar-refractivity contribution in [2.24, 2.45) is 5.73 Å². The highest BCUT2D eigenvalue weighted by Gasteiger charge is 2.45. The number of carbonyl (C=O) groups excluding carboxylic acids is 1. The monoisotopic (exact) mass is 343 g/mol. The molecular formula is C14H18ClN3O3S. The zero-order valence-electron chi connectivity index (χ0n) is 11.9. The van der Waals surface area contributed by atoms with Gasteiger partial charge in [0.05, 0.1) is 0 Å². The van der Waals surface area contributed by atoms with Gasteiger partial charge in [-0.05, 0) is 36.6 Å². The third-order valence-corrected chi connectivity index (χ3v) is 6.35. The molecule has 120 valence electrons. The number of rotatable bonds is 4. The number of nitrogens with one attached hydrogen (secondary N) is 2. The molecule has 1 aromatic rings. The molecule has 2 unspecified atom stereocenters. The smallest absolute Gasteiger partial charge is 0.241 e. The topological polar surface area (TPSA) is 101 Å². The van der Waals surface area contributed by atoms with Crippen LogP contribution in [0.3, 0.4) is 0 Å². The predicted octanol–water partition coefficient (Wildman–Crippen LogP) is 1.52. The van der Waals surface area contributed by atoms with Gasteiger partial charge >= 0.3 is 0 Å². The van der Waals surface area contributed by atoms with E-state index >= 15 is 0 Å². The van der Waals surface area contributed by atoms with Crippen LogP contribution < -0.4 is 15.8 Å². The molecule has 0 aromatic heterocycles. The molecule has 1 fully saturated rings. The summed E-state index contributed by atoms with van der Waals surface area (Å²) in [7, 11) is -3.74. The van der Waals surface area contributed by atoms with Crippen LogP contribution in [-0.4, -0.2) is 26.4 Å². The molecular weight excluding hydrogens is 326 g/mol. The predicted molar refractivity (Wildman–Crippen MR) is 85.1 cm³/mol. The molecule has 2 aliphatic rings. The van der Waals surface area contributed by atoms with Crippen molar-refractivity contribution in [1.29, 1.82) is 0 Å². The van der Waals surface area contributed by atoms with E-state index in [1.165, 1.54) is 0 Å². The minimum atomic E-state index is -3.74. The van der Waals surface area contributed by atoms with Gasteiger partial charge < -0.3 is 11.1 Å². The van der Waals surface area contributed by atoms with E-state index in [4.69, 9.17) is 17.3 Å². The third kappa shape index (κ3) is 2.80. The first-order valence-corrected chi connectivity index (χ1v) is 9.17. The second-order valence-corrected chi connectivity index (χ2v) is 8.09. The standard InChI is InChI=1S/C14H18ClN3O3S/c15-8-5-6-11-10(7-8)13(12(17-11)14(16)19)22(20,21)18-9-3-1-2-4-9/h5-7,9,12-13,17-18H,1-4H2,(H2,16,19). The summed E-state index contributed by atoms with van der Waals surface area (Å²) in [5.41, 5.74) is 6.45. The van der Waals surface area contributed by atoms with Crippen molar-refractivity contribution >= 4 is 33.2 Å². The van der Waals surface area contributed by atoms with Gasteiger partial charge in [0.1, 0.15) is 11.3 Å². The maximum Gasteiger partial charge on any atom is 0.241 e. The molecule has 1 saturated carbocycles. The minimum Gasteiger partial charge on any atom is -0.372 e. The second-order valence-electron chi connectivity index (χ2n) is 5.82. The Hall–Kier alpha value is -1.31. The number of primary amides is 1. The van der Waals surface area contributed by atoms with Crippen LogP contribution in [0.1, 0.15) is 36.5 Å². The average molecular weight is 344 g/mol. The number of hydrogen-bond donors (Lipinski definition) is 3. The van der Waals surface area contributed by atoms with Crippen molar-refractivity contribution in [1.82, 2.24) is 4.72 Å². The first-order chi connectivity index (χ1) is 10.4. The van der Waals surface area contributed by atoms with Crippen LogP contribution in [0.4, 0.5) is 5.69 Å². The number of hydrogen-bond acceptors (Lipinski definition) is 4. The number of halogens is 1. The molecule has 0 saturated heterocycles. The van der Waals surface area contributed by atoms with E-state index in [0.717, 1.165) is 25.7 Å². The number of carbonyl (C=O) groups is 1. The Balaban J connectivity index is 1.98. The van der Waals surface area contributed by atoms with E-state index in [0.29, 0.717) is 16.3 Å². The molecule has 2 atom stereocenters. The number of sulfonamides is 1. The molecule has 1 amide bonds. The fourth-order valence-corrected chi connectivity index (χ4v) is 5.36. The summed E-state index contributed by atoms with van der Waals surface area (Å²) < 4.78 is 28.3. The lowest BCUT2D eigenvalue weighted by atomic mass is 10.1. The van der Waals surface area contributed by atoms with Crippen LogP contribution in [0.15, 0.2) is 18.2 Å². The van der Waals surface area contributed by atoms with E-state index < -0.39 is 27.2 Å². The second kappa shape index (κ2) is 5.72. The molecule has 1 aliphatic heterocycles. The Morgan fingerprint density at radius 1 is 1.32 bits per heavy atom. The Bertz CT molecular complexity index is 701. The SMILES string of the molecule is NC(=O)C1Nc2ccc(Cl)cc2C1S(=O)(=O)NC1CCCC1. The van der Waals surface area contributed by atoms with Crippen molar-refractivity contribution < 1.29 is 13.2 Å². The fraction of sp³-hybridized carbons (Fsp3) is 0.500. The van der Waals surface area contributed by atoms with Gasteiger partial charge in [0.2, 0.25) is 15.9 Å². The molecule has 0 spiro atoms. The average Bonchev–Trinajstić information content (AvgIpc) is 3.04. The van der Waals surface area contributed by atoms with Crippen molar-refractivity contribution in [2.75, 3.05) is 5.32 Å². The minimum absolute atomic E-state index is 0.0678. The molecule has 1 aromatic carbocycles. The number of benzene rings is 1. The normalized spacial score (nSPS) is 25.0. The van der Waals surface area contributed by atoms with Gasteiger partial charge in [-0.15, -0.1) is 0 Å². The fourth-order valence-electron chi connectivity index (χ4n) is 3.24. The van der Waals surface area contributed by atoms with E-state index in [1.807, 2.05) is 0 Å². The maximum atomic E-state index is 12.8. The van der Waals surface area contributed by atoms with Gasteiger partial charge in [-0.3, -0.25) is 4.79 Å². The number of anilines is 1. The summed E-state index contributed by atoms with van der Waals surface area (Å²) in [4.78, 5) is 11.7. The summed E-state index contributed by atoms with van der Waals surface area (Å²) in [5.74, 6) is -0.700. The molecule has 0 bridgehead atoms. The lowest BCUT2D eigenvalue weighted by Gasteiger charge is -2.21. The molecule has 3 rings (SSSR count). The number of nitrogens with two attached hydrogens (primary N) is 1. The summed E-state index contributed by atoms with van der Waals surface area (Å²) in [6.07, 6.45) is 3.67. The van der Waals surface area contributed by atoms with Crippen molar-refractivity contribution in [3.8, 4) is 0 Å². The van der Waals surface area contributed by atoms with Crippen LogP contribution in [0, 0.1) is 0 Å². The highest BCUT2D eigenvalue weighted by Crippen LogP contribution is 2.40. The van der Waals surface area contributed by atoms with Gasteiger partial charge in [0, 0.05) is 16.8 Å². The molecule has 22 heavy (non-hydrogen) atoms. The van der Waals surface area contributed by atoms with E-state index in [9.17, 15) is 13.2 Å². The lowest BCUT2D eigenvalue weighted by Crippen LogP contribution is -2.45. The first-order valence-electron chi connectivity index (χ1n) is 7.25. The van der Waals surface area contributed by atoms with Crippen LogP contribution >= 0.6 is 11.6 Å². The van der Waals surface area contributed by atoms with Gasteiger partial charge in [-0.2, -0.15) is 0 Å². The first kappa shape index (κ1) is 15.6. The van der Waals surface area contributed by atoms with E-state index in [-0.39, 0.29) is 6.04 Å². The Morgan fingerprint density at radius 2 is 2.00 bits per heavy atom. The molecule has 6 nitrogen and oxygen atoms in total. The van der Waals surface area contributed by atoms with Gasteiger partial charge in [-0.1, -0.05) is 24.4 Å². The molecule has 1 aliphatic carbocycles. The largest absolute Gasteiger partial charge is 0.372 e. The maximum absolute atomic E-state index is 12.8. The molecule has 8 heteroatoms. The van der Waals surface area contributed by atoms with Crippen LogP contribution in [-0.2, 0) is 14.8 Å². The Morgan fingerprint density at radius 3 is 2.64 bits per heavy atom. The molecule has 0 radical (unpaired) electrons. The summed E-state index contributed by atoms with van der Waals surface area (Å²) >= 11 is 5.98. The third-order valence-electron chi connectivity index (χ3n) is 4.26. The quantitative estimate of drug-likeness (QED) is 0.771. The lowest BCUT2D eigenvalue weighted by molar-refractivity contribution is -0.118. The van der Waals surface area contributed by atoms with Gasteiger partial charge in [0.15, 0.2) is 0 Å². The summed E-state index contributed by atoms with van der Waals surface area (Å²) in [6.45, 7) is 0. The zero-order chi connectivity index (χ0) is 15.9. The molecule has 4 N–H and O–H groups in total. The van der Waals surface area contributed by atoms with Crippen molar-refractivity contribution in [3.63, 3.8) is 0 Å². The van der Waals surface area contributed by atoms with E-state index in [1.54, 1.807) is 18.2 Å². The van der Waals surface area contributed by atoms with Crippen molar-refractivity contribution in [3.05, 3.63) is 28.8 Å². The zero-order valence-corrected chi connectivity index (χ0v) is 13.5. The Labute approximate surface area is 134 Å². The van der Waals surface area contributed by atoms with E-state index in [2.05, 4.69) is 10.0 Å². The van der Waals surface area contributed by atoms with Crippen LogP contribution in [0.2, 0.25) is 5.02 Å². The number of fused-ring (bicyclic) bond motifs is 1. The highest BCUT2D eigenvalue weighted by molar-refractivity contribution is 7.89. The van der Waals surface area contributed by atoms with Crippen LogP contribution in [0.5, 0.6) is 0 Å². The summed E-state index contributed by atoms with van der Waals surface area (Å²) in [6, 6.07) is 3.82. The van der Waals surface area contributed by atoms with Gasteiger partial charge in [-0.25, -0.2) is 13.1 Å². The molecule has 1 heterocycles. The van der Waals surface area contributed by atoms with Crippen LogP contribution in [0.25, 0.3) is 0 Å². The van der Waals surface area contributed by atoms with Gasteiger partial charge in [0.25, 0.3) is 0 Å². The number of amides is 1.